The maximum atomic E-state index is 11.5. The fourth-order valence-electron chi connectivity index (χ4n) is 8.09. The Bertz CT molecular complexity index is 598. The van der Waals surface area contributed by atoms with E-state index in [9.17, 15) is 9.90 Å². The molecule has 0 spiro atoms. The number of carbonyl (C=O) groups is 1. The lowest BCUT2D eigenvalue weighted by molar-refractivity contribution is -0.169. The summed E-state index contributed by atoms with van der Waals surface area (Å²) in [5.41, 5.74) is 0.552. The number of amides is 1. The number of aliphatic hydroxyl groups excluding tert-OH is 1. The van der Waals surface area contributed by atoms with Gasteiger partial charge in [-0.15, -0.1) is 0 Å². The molecule has 4 rings (SSSR count). The number of carbonyl (C=O) groups excluding carboxylic acids is 1. The van der Waals surface area contributed by atoms with Crippen molar-refractivity contribution in [3.63, 3.8) is 0 Å². The number of hydrogen-bond acceptors (Lipinski definition) is 4. The predicted molar refractivity (Wildman–Crippen MR) is 110 cm³/mol. The smallest absolute Gasteiger partial charge is 0.406 e. The second kappa shape index (κ2) is 7.46. The summed E-state index contributed by atoms with van der Waals surface area (Å²) < 4.78 is 5.40. The fourth-order valence-corrected chi connectivity index (χ4v) is 8.09. The van der Waals surface area contributed by atoms with Crippen molar-refractivity contribution in [2.75, 3.05) is 26.7 Å². The molecule has 4 aliphatic rings. The Kier molecular flexibility index (Phi) is 5.45. The zero-order chi connectivity index (χ0) is 20.1. The van der Waals surface area contributed by atoms with Crippen LogP contribution >= 0.6 is 0 Å². The number of fused-ring (bicyclic) bond motifs is 5. The largest absolute Gasteiger partial charge is 0.449 e. The number of alkyl carbamates (subject to hydrolysis) is 1. The van der Waals surface area contributed by atoms with Crippen molar-refractivity contribution in [2.45, 2.75) is 77.4 Å². The summed E-state index contributed by atoms with van der Waals surface area (Å²) in [6, 6.07) is 0. The Morgan fingerprint density at radius 1 is 1.21 bits per heavy atom. The van der Waals surface area contributed by atoms with Crippen LogP contribution in [0.25, 0.3) is 0 Å². The van der Waals surface area contributed by atoms with Gasteiger partial charge in [-0.1, -0.05) is 20.3 Å². The van der Waals surface area contributed by atoms with Gasteiger partial charge in [0.1, 0.15) is 0 Å². The van der Waals surface area contributed by atoms with Crippen LogP contribution in [0.5, 0.6) is 0 Å². The summed E-state index contributed by atoms with van der Waals surface area (Å²) in [4.78, 5) is 14.1. The molecule has 2 saturated carbocycles. The number of nitrogens with zero attached hydrogens (tertiary/aromatic N) is 1. The molecule has 28 heavy (non-hydrogen) atoms. The van der Waals surface area contributed by atoms with Gasteiger partial charge >= 0.3 is 6.09 Å². The first-order valence-corrected chi connectivity index (χ1v) is 11.6. The van der Waals surface area contributed by atoms with Crippen molar-refractivity contribution in [3.8, 4) is 0 Å². The highest BCUT2D eigenvalue weighted by molar-refractivity contribution is 5.66. The predicted octanol–water partition coefficient (Wildman–Crippen LogP) is 3.66. The number of β-amino-alcohol motifs (C(OH)–C–C–N with tert-alkyl or cyclic N) is 1. The third-order valence-electron chi connectivity index (χ3n) is 9.51. The van der Waals surface area contributed by atoms with Crippen molar-refractivity contribution in [3.05, 3.63) is 0 Å². The average molecular weight is 393 g/mol. The molecule has 0 aromatic heterocycles. The van der Waals surface area contributed by atoms with Gasteiger partial charge in [0.15, 0.2) is 0 Å². The number of rotatable bonds is 3. The second-order valence-corrected chi connectivity index (χ2v) is 10.7. The first kappa shape index (κ1) is 20.5. The van der Waals surface area contributed by atoms with Crippen molar-refractivity contribution in [1.82, 2.24) is 10.2 Å². The van der Waals surface area contributed by atoms with E-state index in [2.05, 4.69) is 31.0 Å². The fraction of sp³-hybridized carbons (Fsp3) is 0.957. The standard InChI is InChI=1S/C23H40N2O3/c1-15(14-28-21(27)24-4)16-7-8-17-20-18(9-11-22(16,17)2)23(3)10-5-6-12-25(23)13-19(20)26/h15-20,26H,5-14H2,1-4H3,(H,24,27)/t15-,16?,17?,18?,19-,20+,22?,23?/m1/s1. The number of aliphatic hydroxyl groups is 1. The molecule has 2 heterocycles. The highest BCUT2D eigenvalue weighted by atomic mass is 16.5. The van der Waals surface area contributed by atoms with Crippen LogP contribution in [0.2, 0.25) is 0 Å². The summed E-state index contributed by atoms with van der Waals surface area (Å²) in [7, 11) is 1.61. The quantitative estimate of drug-likeness (QED) is 0.769. The molecule has 5 nitrogen and oxygen atoms in total. The van der Waals surface area contributed by atoms with Gasteiger partial charge in [-0.25, -0.2) is 4.79 Å². The van der Waals surface area contributed by atoms with E-state index in [-0.39, 0.29) is 23.2 Å². The minimum Gasteiger partial charge on any atom is -0.449 e. The molecule has 2 aliphatic carbocycles. The Hall–Kier alpha value is -0.810. The Labute approximate surface area is 170 Å². The summed E-state index contributed by atoms with van der Waals surface area (Å²) in [5.74, 6) is 2.62. The van der Waals surface area contributed by atoms with Gasteiger partial charge in [0.25, 0.3) is 0 Å². The van der Waals surface area contributed by atoms with Crippen LogP contribution in [0.15, 0.2) is 0 Å². The van der Waals surface area contributed by atoms with Gasteiger partial charge in [0.2, 0.25) is 0 Å². The number of nitrogens with one attached hydrogen (secondary N) is 1. The zero-order valence-electron chi connectivity index (χ0n) is 18.2. The summed E-state index contributed by atoms with van der Waals surface area (Å²) >= 11 is 0. The van der Waals surface area contributed by atoms with Gasteiger partial charge < -0.3 is 15.2 Å². The third kappa shape index (κ3) is 3.08. The van der Waals surface area contributed by atoms with Gasteiger partial charge in [-0.3, -0.25) is 4.90 Å². The molecule has 0 aromatic rings. The topological polar surface area (TPSA) is 61.8 Å². The maximum absolute atomic E-state index is 11.5. The maximum Gasteiger partial charge on any atom is 0.406 e. The summed E-state index contributed by atoms with van der Waals surface area (Å²) in [5, 5.41) is 13.8. The second-order valence-electron chi connectivity index (χ2n) is 10.7. The van der Waals surface area contributed by atoms with E-state index >= 15 is 0 Å². The first-order valence-electron chi connectivity index (χ1n) is 11.6. The van der Waals surface area contributed by atoms with E-state index in [1.54, 1.807) is 7.05 Å². The molecule has 2 aliphatic heterocycles. The van der Waals surface area contributed by atoms with Crippen LogP contribution in [0.3, 0.4) is 0 Å². The molecule has 160 valence electrons. The van der Waals surface area contributed by atoms with Crippen LogP contribution in [-0.2, 0) is 4.74 Å². The molecule has 4 fully saturated rings. The molecule has 0 bridgehead atoms. The van der Waals surface area contributed by atoms with E-state index in [1.165, 1.54) is 44.9 Å². The summed E-state index contributed by atoms with van der Waals surface area (Å²) in [6.45, 7) is 9.73. The molecule has 0 aromatic carbocycles. The Morgan fingerprint density at radius 3 is 2.75 bits per heavy atom. The van der Waals surface area contributed by atoms with Gasteiger partial charge in [-0.2, -0.15) is 0 Å². The molecular weight excluding hydrogens is 352 g/mol. The zero-order valence-corrected chi connectivity index (χ0v) is 18.2. The normalized spacial score (nSPS) is 46.8. The van der Waals surface area contributed by atoms with Crippen molar-refractivity contribution < 1.29 is 14.6 Å². The van der Waals surface area contributed by atoms with Crippen LogP contribution in [0.1, 0.15) is 65.7 Å². The molecule has 1 amide bonds. The lowest BCUT2D eigenvalue weighted by atomic mass is 9.50. The highest BCUT2D eigenvalue weighted by Crippen LogP contribution is 2.64. The van der Waals surface area contributed by atoms with Crippen LogP contribution in [-0.4, -0.2) is 54.5 Å². The molecule has 2 N–H and O–H groups in total. The first-order chi connectivity index (χ1) is 13.3. The molecule has 8 atom stereocenters. The average Bonchev–Trinajstić information content (AvgIpc) is 3.03. The lowest BCUT2D eigenvalue weighted by Gasteiger charge is -2.63. The Morgan fingerprint density at radius 2 is 2.00 bits per heavy atom. The minimum atomic E-state index is -0.330. The molecule has 5 heteroatoms. The van der Waals surface area contributed by atoms with Crippen LogP contribution in [0.4, 0.5) is 4.79 Å². The highest BCUT2D eigenvalue weighted by Gasteiger charge is 2.62. The van der Waals surface area contributed by atoms with Crippen molar-refractivity contribution >= 4 is 6.09 Å². The molecule has 5 unspecified atom stereocenters. The third-order valence-corrected chi connectivity index (χ3v) is 9.51. The monoisotopic (exact) mass is 392 g/mol. The van der Waals surface area contributed by atoms with Crippen molar-refractivity contribution in [1.29, 1.82) is 0 Å². The van der Waals surface area contributed by atoms with Gasteiger partial charge in [0, 0.05) is 19.1 Å². The number of ether oxygens (including phenoxy) is 1. The van der Waals surface area contributed by atoms with E-state index in [4.69, 9.17) is 4.74 Å². The SMILES string of the molecule is CNC(=O)OC[C@@H](C)C1CCC2[C@H]3C(CCC21C)C1(C)CCCCN1C[C@H]3O. The number of piperidine rings is 2. The lowest BCUT2D eigenvalue weighted by Crippen LogP contribution is -2.67. The molecule has 2 saturated heterocycles. The van der Waals surface area contributed by atoms with Gasteiger partial charge in [-0.05, 0) is 87.0 Å². The Balaban J connectivity index is 1.53. The molecule has 0 radical (unpaired) electrons. The van der Waals surface area contributed by atoms with E-state index in [0.717, 1.165) is 13.1 Å². The van der Waals surface area contributed by atoms with E-state index < -0.39 is 0 Å². The van der Waals surface area contributed by atoms with Crippen molar-refractivity contribution in [2.24, 2.45) is 35.0 Å². The van der Waals surface area contributed by atoms with Crippen LogP contribution in [0, 0.1) is 35.0 Å². The summed E-state index contributed by atoms with van der Waals surface area (Å²) in [6.07, 6.45) is 8.32. The van der Waals surface area contributed by atoms with E-state index in [1.807, 2.05) is 0 Å². The van der Waals surface area contributed by atoms with Crippen LogP contribution < -0.4 is 5.32 Å². The number of hydrogen-bond donors (Lipinski definition) is 2. The van der Waals surface area contributed by atoms with E-state index in [0.29, 0.717) is 36.2 Å². The molecular formula is C23H40N2O3. The van der Waals surface area contributed by atoms with Gasteiger partial charge in [0.05, 0.1) is 12.7 Å². The minimum absolute atomic E-state index is 0.183.